The van der Waals surface area contributed by atoms with Gasteiger partial charge in [0.05, 0.1) is 0 Å². The van der Waals surface area contributed by atoms with Gasteiger partial charge in [-0.2, -0.15) is 0 Å². The van der Waals surface area contributed by atoms with Gasteiger partial charge >= 0.3 is 0 Å². The van der Waals surface area contributed by atoms with Gasteiger partial charge in [-0.15, -0.1) is 10.2 Å². The van der Waals surface area contributed by atoms with Crippen LogP contribution in [-0.4, -0.2) is 20.7 Å². The zero-order valence-electron chi connectivity index (χ0n) is 13.6. The molecule has 0 atom stereocenters. The van der Waals surface area contributed by atoms with Crippen LogP contribution in [0, 0.1) is 0 Å². The lowest BCUT2D eigenvalue weighted by molar-refractivity contribution is 0.100. The quantitative estimate of drug-likeness (QED) is 0.690. The average Bonchev–Trinajstić information content (AvgIpc) is 3.40. The third-order valence-electron chi connectivity index (χ3n) is 4.22. The molecule has 25 heavy (non-hydrogen) atoms. The third-order valence-corrected chi connectivity index (χ3v) is 5.22. The van der Waals surface area contributed by atoms with Crippen molar-refractivity contribution < 1.29 is 4.79 Å². The standard InChI is InChI=1S/C19H18N4OS/c20-17(24)14-8-6-13(7-9-14)12-25-19-22-21-18(15-10-11-15)23(19)16-4-2-1-3-5-16/h1-9,15H,10-12H2,(H2,20,24). The van der Waals surface area contributed by atoms with E-state index in [4.69, 9.17) is 5.73 Å². The highest BCUT2D eigenvalue weighted by Crippen LogP contribution is 2.41. The van der Waals surface area contributed by atoms with E-state index in [0.717, 1.165) is 28.0 Å². The Morgan fingerprint density at radius 1 is 1.08 bits per heavy atom. The van der Waals surface area contributed by atoms with E-state index in [-0.39, 0.29) is 0 Å². The fourth-order valence-electron chi connectivity index (χ4n) is 2.71. The van der Waals surface area contributed by atoms with Gasteiger partial charge in [-0.1, -0.05) is 42.1 Å². The number of nitrogens with two attached hydrogens (primary N) is 1. The molecule has 2 aromatic carbocycles. The highest BCUT2D eigenvalue weighted by molar-refractivity contribution is 7.98. The molecule has 0 spiro atoms. The summed E-state index contributed by atoms with van der Waals surface area (Å²) in [4.78, 5) is 11.2. The Labute approximate surface area is 150 Å². The van der Waals surface area contributed by atoms with Crippen molar-refractivity contribution in [1.29, 1.82) is 0 Å². The maximum absolute atomic E-state index is 11.2. The van der Waals surface area contributed by atoms with E-state index < -0.39 is 5.91 Å². The molecule has 6 heteroatoms. The van der Waals surface area contributed by atoms with Crippen LogP contribution in [0.2, 0.25) is 0 Å². The molecule has 126 valence electrons. The smallest absolute Gasteiger partial charge is 0.248 e. The van der Waals surface area contributed by atoms with Gasteiger partial charge < -0.3 is 5.73 Å². The molecular weight excluding hydrogens is 332 g/mol. The number of carbonyl (C=O) groups excluding carboxylic acids is 1. The van der Waals surface area contributed by atoms with Gasteiger partial charge in [-0.3, -0.25) is 9.36 Å². The van der Waals surface area contributed by atoms with Crippen molar-refractivity contribution in [2.75, 3.05) is 0 Å². The molecule has 1 fully saturated rings. The molecule has 1 aliphatic carbocycles. The summed E-state index contributed by atoms with van der Waals surface area (Å²) in [6.45, 7) is 0. The molecule has 0 saturated heterocycles. The van der Waals surface area contributed by atoms with Crippen molar-refractivity contribution in [3.63, 3.8) is 0 Å². The van der Waals surface area contributed by atoms with Crippen molar-refractivity contribution in [1.82, 2.24) is 14.8 Å². The summed E-state index contributed by atoms with van der Waals surface area (Å²) < 4.78 is 2.17. The first kappa shape index (κ1) is 15.9. The summed E-state index contributed by atoms with van der Waals surface area (Å²) >= 11 is 1.65. The topological polar surface area (TPSA) is 73.8 Å². The maximum Gasteiger partial charge on any atom is 0.248 e. The minimum Gasteiger partial charge on any atom is -0.366 e. The SMILES string of the molecule is NC(=O)c1ccc(CSc2nnc(C3CC3)n2-c2ccccc2)cc1. The lowest BCUT2D eigenvalue weighted by Crippen LogP contribution is -2.10. The molecule has 1 amide bonds. The van der Waals surface area contributed by atoms with E-state index in [1.54, 1.807) is 23.9 Å². The number of para-hydroxylation sites is 1. The van der Waals surface area contributed by atoms with Crippen LogP contribution < -0.4 is 5.73 Å². The monoisotopic (exact) mass is 350 g/mol. The first-order chi connectivity index (χ1) is 12.2. The number of primary amides is 1. The normalized spacial score (nSPS) is 13.8. The zero-order valence-corrected chi connectivity index (χ0v) is 14.4. The molecule has 0 aliphatic heterocycles. The largest absolute Gasteiger partial charge is 0.366 e. The summed E-state index contributed by atoms with van der Waals surface area (Å²) in [7, 11) is 0. The summed E-state index contributed by atoms with van der Waals surface area (Å²) in [6, 6.07) is 17.6. The van der Waals surface area contributed by atoms with Crippen LogP contribution in [0.4, 0.5) is 0 Å². The molecular formula is C19H18N4OS. The van der Waals surface area contributed by atoms with Crippen LogP contribution in [-0.2, 0) is 5.75 Å². The number of aromatic nitrogens is 3. The predicted molar refractivity (Wildman–Crippen MR) is 97.9 cm³/mol. The molecule has 0 radical (unpaired) electrons. The van der Waals surface area contributed by atoms with E-state index in [2.05, 4.69) is 26.9 Å². The number of thioether (sulfide) groups is 1. The summed E-state index contributed by atoms with van der Waals surface area (Å²) in [5.74, 6) is 1.93. The lowest BCUT2D eigenvalue weighted by Gasteiger charge is -2.09. The van der Waals surface area contributed by atoms with Crippen LogP contribution in [0.15, 0.2) is 59.8 Å². The molecule has 5 nitrogen and oxygen atoms in total. The van der Waals surface area contributed by atoms with E-state index in [1.165, 1.54) is 12.8 Å². The fraction of sp³-hybridized carbons (Fsp3) is 0.211. The number of hydrogen-bond acceptors (Lipinski definition) is 4. The summed E-state index contributed by atoms with van der Waals surface area (Å²) in [6.07, 6.45) is 2.37. The number of hydrogen-bond donors (Lipinski definition) is 1. The third kappa shape index (κ3) is 3.44. The average molecular weight is 350 g/mol. The second-order valence-electron chi connectivity index (χ2n) is 6.14. The second-order valence-corrected chi connectivity index (χ2v) is 7.08. The van der Waals surface area contributed by atoms with Gasteiger partial charge in [0.25, 0.3) is 0 Å². The van der Waals surface area contributed by atoms with Crippen molar-refractivity contribution in [3.05, 3.63) is 71.5 Å². The van der Waals surface area contributed by atoms with Crippen LogP contribution in [0.3, 0.4) is 0 Å². The van der Waals surface area contributed by atoms with Gasteiger partial charge in [-0.05, 0) is 42.7 Å². The van der Waals surface area contributed by atoms with Gasteiger partial charge in [0.15, 0.2) is 5.16 Å². The van der Waals surface area contributed by atoms with Crippen LogP contribution in [0.25, 0.3) is 5.69 Å². The Bertz CT molecular complexity index is 886. The van der Waals surface area contributed by atoms with Crippen molar-refractivity contribution in [2.45, 2.75) is 29.7 Å². The number of carbonyl (C=O) groups is 1. The number of amides is 1. The summed E-state index contributed by atoms with van der Waals surface area (Å²) in [5.41, 5.74) is 8.02. The van der Waals surface area contributed by atoms with E-state index in [0.29, 0.717) is 11.5 Å². The Kier molecular flexibility index (Phi) is 4.28. The number of nitrogens with zero attached hydrogens (tertiary/aromatic N) is 3. The van der Waals surface area contributed by atoms with Gasteiger partial charge in [0.2, 0.25) is 5.91 Å². The Morgan fingerprint density at radius 2 is 1.80 bits per heavy atom. The first-order valence-corrected chi connectivity index (χ1v) is 9.23. The van der Waals surface area contributed by atoms with Crippen molar-refractivity contribution in [3.8, 4) is 5.69 Å². The van der Waals surface area contributed by atoms with Gasteiger partial charge in [-0.25, -0.2) is 0 Å². The van der Waals surface area contributed by atoms with E-state index in [1.807, 2.05) is 30.3 Å². The maximum atomic E-state index is 11.2. The lowest BCUT2D eigenvalue weighted by atomic mass is 10.1. The van der Waals surface area contributed by atoms with Crippen LogP contribution in [0.1, 0.15) is 40.5 Å². The molecule has 0 unspecified atom stereocenters. The van der Waals surface area contributed by atoms with Crippen LogP contribution >= 0.6 is 11.8 Å². The minimum atomic E-state index is -0.405. The van der Waals surface area contributed by atoms with Crippen molar-refractivity contribution >= 4 is 17.7 Å². The molecule has 1 aliphatic rings. The second kappa shape index (κ2) is 6.72. The molecule has 3 aromatic rings. The molecule has 4 rings (SSSR count). The zero-order chi connectivity index (χ0) is 17.2. The Balaban J connectivity index is 1.57. The molecule has 1 saturated carbocycles. The minimum absolute atomic E-state index is 0.405. The van der Waals surface area contributed by atoms with E-state index >= 15 is 0 Å². The fourth-order valence-corrected chi connectivity index (χ4v) is 3.63. The molecule has 0 bridgehead atoms. The molecule has 1 heterocycles. The number of rotatable bonds is 6. The molecule has 2 N–H and O–H groups in total. The van der Waals surface area contributed by atoms with Crippen molar-refractivity contribution in [2.24, 2.45) is 5.73 Å². The van der Waals surface area contributed by atoms with Crippen LogP contribution in [0.5, 0.6) is 0 Å². The highest BCUT2D eigenvalue weighted by Gasteiger charge is 2.30. The van der Waals surface area contributed by atoms with E-state index in [9.17, 15) is 4.79 Å². The highest BCUT2D eigenvalue weighted by atomic mass is 32.2. The molecule has 1 aromatic heterocycles. The predicted octanol–water partition coefficient (Wildman–Crippen LogP) is 3.54. The first-order valence-electron chi connectivity index (χ1n) is 8.24. The summed E-state index contributed by atoms with van der Waals surface area (Å²) in [5, 5.41) is 9.75. The van der Waals surface area contributed by atoms with Gasteiger partial charge in [0.1, 0.15) is 5.82 Å². The Morgan fingerprint density at radius 3 is 2.44 bits per heavy atom. The van der Waals surface area contributed by atoms with Gasteiger partial charge in [0, 0.05) is 22.9 Å². The Hall–Kier alpha value is -2.60. The number of benzene rings is 2.